The SMILES string of the molecule is CCCCCC[CH]OCCCCCCCCCCC. The van der Waals surface area contributed by atoms with Crippen LogP contribution in [0.2, 0.25) is 0 Å². The lowest BCUT2D eigenvalue weighted by molar-refractivity contribution is 0.183. The van der Waals surface area contributed by atoms with E-state index in [1.807, 2.05) is 6.61 Å². The van der Waals surface area contributed by atoms with E-state index < -0.39 is 0 Å². The second-order valence-corrected chi connectivity index (χ2v) is 5.72. The Hall–Kier alpha value is -0.0400. The van der Waals surface area contributed by atoms with E-state index in [-0.39, 0.29) is 0 Å². The van der Waals surface area contributed by atoms with E-state index in [0.29, 0.717) is 0 Å². The highest BCUT2D eigenvalue weighted by molar-refractivity contribution is 4.53. The number of hydrogen-bond acceptors (Lipinski definition) is 1. The van der Waals surface area contributed by atoms with Gasteiger partial charge in [-0.3, -0.25) is 0 Å². The van der Waals surface area contributed by atoms with Crippen LogP contribution in [0, 0.1) is 6.61 Å². The normalized spacial score (nSPS) is 11.1. The van der Waals surface area contributed by atoms with Crippen LogP contribution < -0.4 is 0 Å². The molecule has 0 rings (SSSR count). The highest BCUT2D eigenvalue weighted by atomic mass is 16.5. The molecule has 1 radical (unpaired) electrons. The minimum absolute atomic E-state index is 0.934. The maximum Gasteiger partial charge on any atom is 0.0836 e. The summed E-state index contributed by atoms with van der Waals surface area (Å²) in [6, 6.07) is 0. The monoisotopic (exact) mass is 269 g/mol. The van der Waals surface area contributed by atoms with E-state index in [4.69, 9.17) is 4.74 Å². The van der Waals surface area contributed by atoms with Gasteiger partial charge in [-0.2, -0.15) is 0 Å². The van der Waals surface area contributed by atoms with Gasteiger partial charge in [0.1, 0.15) is 0 Å². The molecule has 0 saturated carbocycles. The summed E-state index contributed by atoms with van der Waals surface area (Å²) in [5, 5.41) is 0. The van der Waals surface area contributed by atoms with E-state index in [0.717, 1.165) is 13.0 Å². The van der Waals surface area contributed by atoms with E-state index in [1.54, 1.807) is 0 Å². The third-order valence-corrected chi connectivity index (χ3v) is 3.66. The molecular formula is C18H37O. The Balaban J connectivity index is 2.88. The van der Waals surface area contributed by atoms with Crippen LogP contribution in [0.3, 0.4) is 0 Å². The Labute approximate surface area is 122 Å². The summed E-state index contributed by atoms with van der Waals surface area (Å²) in [5.74, 6) is 0. The fourth-order valence-electron chi connectivity index (χ4n) is 2.32. The highest BCUT2D eigenvalue weighted by Gasteiger charge is 1.94. The first kappa shape index (κ1) is 19.0. The van der Waals surface area contributed by atoms with Crippen molar-refractivity contribution < 1.29 is 4.74 Å². The van der Waals surface area contributed by atoms with Crippen LogP contribution in [0.4, 0.5) is 0 Å². The summed E-state index contributed by atoms with van der Waals surface area (Å²) >= 11 is 0. The van der Waals surface area contributed by atoms with Gasteiger partial charge in [-0.1, -0.05) is 90.9 Å². The maximum absolute atomic E-state index is 5.55. The number of rotatable bonds is 16. The standard InChI is InChI=1S/C18H37O/c1-3-5-7-9-10-11-12-14-16-18-19-17-15-13-8-6-4-2/h17H,3-16,18H2,1-2H3. The largest absolute Gasteiger partial charge is 0.376 e. The van der Waals surface area contributed by atoms with E-state index in [1.165, 1.54) is 83.5 Å². The van der Waals surface area contributed by atoms with Crippen molar-refractivity contribution in [3.8, 4) is 0 Å². The van der Waals surface area contributed by atoms with Crippen LogP contribution >= 0.6 is 0 Å². The predicted molar refractivity (Wildman–Crippen MR) is 86.2 cm³/mol. The molecule has 0 heterocycles. The molecule has 0 bridgehead atoms. The highest BCUT2D eigenvalue weighted by Crippen LogP contribution is 2.10. The third kappa shape index (κ3) is 18.0. The molecule has 0 aromatic rings. The first-order valence-electron chi connectivity index (χ1n) is 8.85. The molecular weight excluding hydrogens is 232 g/mol. The first-order valence-corrected chi connectivity index (χ1v) is 8.85. The molecule has 0 spiro atoms. The molecule has 0 amide bonds. The minimum atomic E-state index is 0.934. The third-order valence-electron chi connectivity index (χ3n) is 3.66. The zero-order chi connectivity index (χ0) is 14.0. The van der Waals surface area contributed by atoms with Gasteiger partial charge in [0.05, 0.1) is 6.61 Å². The van der Waals surface area contributed by atoms with Crippen molar-refractivity contribution in [3.63, 3.8) is 0 Å². The topological polar surface area (TPSA) is 9.23 Å². The molecule has 0 N–H and O–H groups in total. The second kappa shape index (κ2) is 18.0. The zero-order valence-corrected chi connectivity index (χ0v) is 13.6. The average molecular weight is 269 g/mol. The Morgan fingerprint density at radius 1 is 0.579 bits per heavy atom. The summed E-state index contributed by atoms with van der Waals surface area (Å²) < 4.78 is 5.55. The summed E-state index contributed by atoms with van der Waals surface area (Å²) in [6.07, 6.45) is 19.0. The van der Waals surface area contributed by atoms with Crippen LogP contribution in [-0.2, 0) is 4.74 Å². The van der Waals surface area contributed by atoms with Crippen molar-refractivity contribution >= 4 is 0 Å². The van der Waals surface area contributed by atoms with E-state index in [2.05, 4.69) is 13.8 Å². The lowest BCUT2D eigenvalue weighted by atomic mass is 10.1. The van der Waals surface area contributed by atoms with Crippen molar-refractivity contribution in [1.29, 1.82) is 0 Å². The average Bonchev–Trinajstić information content (AvgIpc) is 2.43. The summed E-state index contributed by atoms with van der Waals surface area (Å²) in [4.78, 5) is 0. The zero-order valence-electron chi connectivity index (χ0n) is 13.6. The molecule has 0 aromatic carbocycles. The molecule has 1 nitrogen and oxygen atoms in total. The first-order chi connectivity index (χ1) is 9.41. The van der Waals surface area contributed by atoms with Crippen molar-refractivity contribution in [1.82, 2.24) is 0 Å². The second-order valence-electron chi connectivity index (χ2n) is 5.72. The van der Waals surface area contributed by atoms with Crippen molar-refractivity contribution in [2.45, 2.75) is 104 Å². The van der Waals surface area contributed by atoms with Crippen molar-refractivity contribution in [2.24, 2.45) is 0 Å². The number of hydrogen-bond donors (Lipinski definition) is 0. The molecule has 0 atom stereocenters. The van der Waals surface area contributed by atoms with Crippen molar-refractivity contribution in [3.05, 3.63) is 6.61 Å². The number of unbranched alkanes of at least 4 members (excludes halogenated alkanes) is 12. The van der Waals surface area contributed by atoms with Gasteiger partial charge in [0.25, 0.3) is 0 Å². The lowest BCUT2D eigenvalue weighted by Crippen LogP contribution is -1.92. The van der Waals surface area contributed by atoms with Gasteiger partial charge in [-0.25, -0.2) is 0 Å². The van der Waals surface area contributed by atoms with Gasteiger partial charge in [-0.15, -0.1) is 0 Å². The molecule has 0 aliphatic carbocycles. The quantitative estimate of drug-likeness (QED) is 0.284. The van der Waals surface area contributed by atoms with Crippen LogP contribution in [0.5, 0.6) is 0 Å². The molecule has 0 saturated heterocycles. The van der Waals surface area contributed by atoms with Gasteiger partial charge in [0, 0.05) is 6.61 Å². The molecule has 0 aliphatic rings. The van der Waals surface area contributed by atoms with Crippen LogP contribution in [0.1, 0.15) is 104 Å². The Morgan fingerprint density at radius 3 is 1.63 bits per heavy atom. The van der Waals surface area contributed by atoms with Gasteiger partial charge in [0.2, 0.25) is 0 Å². The predicted octanol–water partition coefficient (Wildman–Crippen LogP) is 6.67. The molecule has 115 valence electrons. The minimum Gasteiger partial charge on any atom is -0.376 e. The molecule has 0 unspecified atom stereocenters. The summed E-state index contributed by atoms with van der Waals surface area (Å²) in [7, 11) is 0. The smallest absolute Gasteiger partial charge is 0.0836 e. The molecule has 0 fully saturated rings. The van der Waals surface area contributed by atoms with Crippen LogP contribution in [0.25, 0.3) is 0 Å². The fraction of sp³-hybridized carbons (Fsp3) is 0.944. The van der Waals surface area contributed by atoms with E-state index in [9.17, 15) is 0 Å². The number of ether oxygens (including phenoxy) is 1. The van der Waals surface area contributed by atoms with Crippen LogP contribution in [-0.4, -0.2) is 6.61 Å². The van der Waals surface area contributed by atoms with Gasteiger partial charge in [0.15, 0.2) is 0 Å². The Morgan fingerprint density at radius 2 is 1.05 bits per heavy atom. The Kier molecular flexibility index (Phi) is 17.9. The molecule has 1 heteroatoms. The summed E-state index contributed by atoms with van der Waals surface area (Å²) in [5.41, 5.74) is 0. The molecule has 19 heavy (non-hydrogen) atoms. The fourth-order valence-corrected chi connectivity index (χ4v) is 2.32. The maximum atomic E-state index is 5.55. The van der Waals surface area contributed by atoms with Crippen LogP contribution in [0.15, 0.2) is 0 Å². The van der Waals surface area contributed by atoms with Gasteiger partial charge < -0.3 is 4.74 Å². The van der Waals surface area contributed by atoms with Crippen molar-refractivity contribution in [2.75, 3.05) is 6.61 Å². The van der Waals surface area contributed by atoms with E-state index >= 15 is 0 Å². The Bertz CT molecular complexity index is 129. The molecule has 0 aromatic heterocycles. The lowest BCUT2D eigenvalue weighted by Gasteiger charge is -2.04. The van der Waals surface area contributed by atoms with Gasteiger partial charge in [-0.05, 0) is 12.8 Å². The molecule has 0 aliphatic heterocycles. The summed E-state index contributed by atoms with van der Waals surface area (Å²) in [6.45, 7) is 7.49. The van der Waals surface area contributed by atoms with Gasteiger partial charge >= 0.3 is 0 Å².